The summed E-state index contributed by atoms with van der Waals surface area (Å²) in [5, 5.41) is 0. The summed E-state index contributed by atoms with van der Waals surface area (Å²) < 4.78 is 17.5. The standard InChI is InChI=1S/C65H116O5/c1-4-7-10-13-16-19-22-25-28-31-33-35-37-40-43-46-49-52-55-58-64(66)69-62-63(61-68-60-57-54-51-48-45-42-39-30-27-24-21-18-15-12-9-6-3)70-65(67)59-56-53-50-47-44-41-38-36-34-32-29-26-23-20-17-14-11-8-5-2/h16-17,19-20,25-26,28-29,33,35,40,43,63H,4-15,18,21-24,27,30-32,34,36-39,41-42,44-62H2,1-3H3/b19-16-,20-17-,28-25-,29-26-,35-33-,43-40-/t63-/m1/s1. The van der Waals surface area contributed by atoms with E-state index in [2.05, 4.69) is 93.7 Å². The van der Waals surface area contributed by atoms with Crippen LogP contribution in [0.3, 0.4) is 0 Å². The molecule has 0 aliphatic heterocycles. The second kappa shape index (κ2) is 60.6. The SMILES string of the molecule is CCCCC/C=C\C/C=C\C/C=C\C/C=C\CCCCCC(=O)OC[C@@H](COCCCCCCCCCCCCCCCCCC)OC(=O)CCCCCCCCCCC/C=C\C/C=C\CCCCC. The van der Waals surface area contributed by atoms with Gasteiger partial charge in [0.1, 0.15) is 6.61 Å². The average Bonchev–Trinajstić information content (AvgIpc) is 3.36. The van der Waals surface area contributed by atoms with Crippen LogP contribution >= 0.6 is 0 Å². The van der Waals surface area contributed by atoms with Crippen molar-refractivity contribution in [3.05, 3.63) is 72.9 Å². The Morgan fingerprint density at radius 3 is 1.00 bits per heavy atom. The Labute approximate surface area is 436 Å². The third-order valence-corrected chi connectivity index (χ3v) is 13.2. The van der Waals surface area contributed by atoms with Gasteiger partial charge >= 0.3 is 11.9 Å². The van der Waals surface area contributed by atoms with E-state index in [0.29, 0.717) is 19.4 Å². The predicted molar refractivity (Wildman–Crippen MR) is 307 cm³/mol. The van der Waals surface area contributed by atoms with E-state index in [-0.39, 0.29) is 25.2 Å². The van der Waals surface area contributed by atoms with Gasteiger partial charge < -0.3 is 14.2 Å². The molecule has 0 spiro atoms. The molecular weight excluding hydrogens is 861 g/mol. The summed E-state index contributed by atoms with van der Waals surface area (Å²) in [5.41, 5.74) is 0. The molecule has 0 aliphatic rings. The van der Waals surface area contributed by atoms with Gasteiger partial charge in [0.05, 0.1) is 6.61 Å². The minimum absolute atomic E-state index is 0.0680. The van der Waals surface area contributed by atoms with Crippen molar-refractivity contribution < 1.29 is 23.8 Å². The summed E-state index contributed by atoms with van der Waals surface area (Å²) in [5.74, 6) is -0.425. The van der Waals surface area contributed by atoms with E-state index in [1.807, 2.05) is 0 Å². The maximum Gasteiger partial charge on any atom is 0.306 e. The Morgan fingerprint density at radius 2 is 0.600 bits per heavy atom. The van der Waals surface area contributed by atoms with Crippen LogP contribution in [0.25, 0.3) is 0 Å². The van der Waals surface area contributed by atoms with Crippen molar-refractivity contribution in [1.29, 1.82) is 0 Å². The van der Waals surface area contributed by atoms with Gasteiger partial charge in [0, 0.05) is 19.4 Å². The Bertz CT molecular complexity index is 1240. The lowest BCUT2D eigenvalue weighted by molar-refractivity contribution is -0.163. The first kappa shape index (κ1) is 67.3. The van der Waals surface area contributed by atoms with E-state index >= 15 is 0 Å². The molecule has 0 saturated carbocycles. The number of rotatable bonds is 56. The highest BCUT2D eigenvalue weighted by atomic mass is 16.6. The van der Waals surface area contributed by atoms with Gasteiger partial charge in [0.15, 0.2) is 6.10 Å². The van der Waals surface area contributed by atoms with E-state index in [1.54, 1.807) is 0 Å². The summed E-state index contributed by atoms with van der Waals surface area (Å²) in [6.07, 6.45) is 79.2. The molecule has 0 N–H and O–H groups in total. The van der Waals surface area contributed by atoms with Crippen LogP contribution in [0.15, 0.2) is 72.9 Å². The van der Waals surface area contributed by atoms with Gasteiger partial charge in [-0.1, -0.05) is 267 Å². The van der Waals surface area contributed by atoms with Crippen molar-refractivity contribution in [3.63, 3.8) is 0 Å². The summed E-state index contributed by atoms with van der Waals surface area (Å²) in [7, 11) is 0. The lowest BCUT2D eigenvalue weighted by Crippen LogP contribution is -2.30. The Morgan fingerprint density at radius 1 is 0.314 bits per heavy atom. The number of allylic oxidation sites excluding steroid dienone is 12. The third kappa shape index (κ3) is 57.9. The van der Waals surface area contributed by atoms with E-state index < -0.39 is 6.10 Å². The maximum atomic E-state index is 12.9. The monoisotopic (exact) mass is 977 g/mol. The fraction of sp³-hybridized carbons (Fsp3) is 0.785. The minimum atomic E-state index is -0.553. The molecule has 1 atom stereocenters. The van der Waals surface area contributed by atoms with Crippen LogP contribution in [0, 0.1) is 0 Å². The van der Waals surface area contributed by atoms with Gasteiger partial charge in [-0.15, -0.1) is 0 Å². The first-order valence-corrected chi connectivity index (χ1v) is 30.5. The summed E-state index contributed by atoms with van der Waals surface area (Å²) in [4.78, 5) is 25.6. The van der Waals surface area contributed by atoms with Gasteiger partial charge in [0.25, 0.3) is 0 Å². The van der Waals surface area contributed by atoms with Crippen molar-refractivity contribution >= 4 is 11.9 Å². The summed E-state index contributed by atoms with van der Waals surface area (Å²) in [6.45, 7) is 7.78. The molecule has 0 saturated heterocycles. The molecular formula is C65H116O5. The number of carbonyl (C=O) groups is 2. The Hall–Kier alpha value is -2.66. The van der Waals surface area contributed by atoms with Gasteiger partial charge in [-0.25, -0.2) is 0 Å². The highest BCUT2D eigenvalue weighted by Gasteiger charge is 2.17. The lowest BCUT2D eigenvalue weighted by atomic mass is 10.0. The number of unbranched alkanes of at least 4 members (excludes halogenated alkanes) is 33. The van der Waals surface area contributed by atoms with E-state index in [0.717, 1.165) is 83.5 Å². The third-order valence-electron chi connectivity index (χ3n) is 13.2. The number of ether oxygens (including phenoxy) is 3. The molecule has 0 rings (SSSR count). The second-order valence-corrected chi connectivity index (χ2v) is 20.3. The smallest absolute Gasteiger partial charge is 0.306 e. The molecule has 0 aromatic rings. The molecule has 0 unspecified atom stereocenters. The second-order valence-electron chi connectivity index (χ2n) is 20.3. The zero-order valence-corrected chi connectivity index (χ0v) is 46.8. The molecule has 70 heavy (non-hydrogen) atoms. The Kier molecular flexibility index (Phi) is 58.3. The van der Waals surface area contributed by atoms with Crippen molar-refractivity contribution in [2.75, 3.05) is 19.8 Å². The largest absolute Gasteiger partial charge is 0.462 e. The van der Waals surface area contributed by atoms with Crippen LogP contribution in [0.1, 0.15) is 303 Å². The molecule has 0 fully saturated rings. The lowest BCUT2D eigenvalue weighted by Gasteiger charge is -2.18. The van der Waals surface area contributed by atoms with Gasteiger partial charge in [0.2, 0.25) is 0 Å². The molecule has 0 aliphatic carbocycles. The Balaban J connectivity index is 4.32. The summed E-state index contributed by atoms with van der Waals surface area (Å²) >= 11 is 0. The molecule has 5 heteroatoms. The summed E-state index contributed by atoms with van der Waals surface area (Å²) in [6, 6.07) is 0. The molecule has 5 nitrogen and oxygen atoms in total. The molecule has 0 amide bonds. The van der Waals surface area contributed by atoms with Gasteiger partial charge in [-0.2, -0.15) is 0 Å². The molecule has 0 bridgehead atoms. The van der Waals surface area contributed by atoms with Crippen LogP contribution in [-0.2, 0) is 23.8 Å². The number of carbonyl (C=O) groups excluding carboxylic acids is 2. The van der Waals surface area contributed by atoms with Crippen molar-refractivity contribution in [2.24, 2.45) is 0 Å². The van der Waals surface area contributed by atoms with Crippen LogP contribution < -0.4 is 0 Å². The molecule has 406 valence electrons. The highest BCUT2D eigenvalue weighted by Crippen LogP contribution is 2.16. The molecule has 0 aromatic carbocycles. The van der Waals surface area contributed by atoms with Crippen LogP contribution in [0.4, 0.5) is 0 Å². The molecule has 0 radical (unpaired) electrons. The van der Waals surface area contributed by atoms with E-state index in [1.165, 1.54) is 186 Å². The zero-order valence-electron chi connectivity index (χ0n) is 46.8. The highest BCUT2D eigenvalue weighted by molar-refractivity contribution is 5.70. The first-order chi connectivity index (χ1) is 34.6. The number of hydrogen-bond donors (Lipinski definition) is 0. The topological polar surface area (TPSA) is 61.8 Å². The van der Waals surface area contributed by atoms with Gasteiger partial charge in [-0.05, 0) is 96.3 Å². The van der Waals surface area contributed by atoms with Crippen molar-refractivity contribution in [2.45, 2.75) is 309 Å². The maximum absolute atomic E-state index is 12.9. The first-order valence-electron chi connectivity index (χ1n) is 30.5. The minimum Gasteiger partial charge on any atom is -0.462 e. The van der Waals surface area contributed by atoms with Crippen LogP contribution in [0.5, 0.6) is 0 Å². The van der Waals surface area contributed by atoms with Crippen molar-refractivity contribution in [1.82, 2.24) is 0 Å². The normalized spacial score (nSPS) is 12.7. The number of hydrogen-bond acceptors (Lipinski definition) is 5. The quantitative estimate of drug-likeness (QED) is 0.0345. The zero-order chi connectivity index (χ0) is 50.6. The average molecular weight is 978 g/mol. The molecule has 0 aromatic heterocycles. The molecule has 0 heterocycles. The fourth-order valence-electron chi connectivity index (χ4n) is 8.64. The number of esters is 2. The fourth-order valence-corrected chi connectivity index (χ4v) is 8.64. The predicted octanol–water partition coefficient (Wildman–Crippen LogP) is 21.0. The van der Waals surface area contributed by atoms with E-state index in [9.17, 15) is 9.59 Å². The van der Waals surface area contributed by atoms with Crippen LogP contribution in [0.2, 0.25) is 0 Å². The van der Waals surface area contributed by atoms with Crippen LogP contribution in [-0.4, -0.2) is 37.9 Å². The van der Waals surface area contributed by atoms with Crippen molar-refractivity contribution in [3.8, 4) is 0 Å². The van der Waals surface area contributed by atoms with Gasteiger partial charge in [-0.3, -0.25) is 9.59 Å². The van der Waals surface area contributed by atoms with E-state index in [4.69, 9.17) is 14.2 Å².